The number of aryl methyl sites for hydroxylation is 1. The van der Waals surface area contributed by atoms with Crippen molar-refractivity contribution in [3.63, 3.8) is 0 Å². The quantitative estimate of drug-likeness (QED) is 0.421. The van der Waals surface area contributed by atoms with Crippen molar-refractivity contribution in [2.75, 3.05) is 12.8 Å². The van der Waals surface area contributed by atoms with Gasteiger partial charge in [-0.15, -0.1) is 10.2 Å². The molecule has 1 saturated carbocycles. The first kappa shape index (κ1) is 25.3. The number of benzene rings is 1. The standard InChI is InChI=1S/C25H37N5O2S/c1-17(27-23(32)18-12-14-19(15-13-18)25(2,3)4)22(31)26-16-8-11-21-28-29-24(33-5)30(21)20-9-6-7-10-20/h12-15,17,20H,6-11,16H2,1-5H3,(H,26,31)(H,27,32). The van der Waals surface area contributed by atoms with Gasteiger partial charge in [0.1, 0.15) is 11.9 Å². The van der Waals surface area contributed by atoms with Crippen molar-refractivity contribution in [1.82, 2.24) is 25.4 Å². The average Bonchev–Trinajstić information content (AvgIpc) is 3.45. The van der Waals surface area contributed by atoms with Crippen molar-refractivity contribution < 1.29 is 9.59 Å². The number of hydrogen-bond acceptors (Lipinski definition) is 5. The van der Waals surface area contributed by atoms with Crippen LogP contribution >= 0.6 is 11.8 Å². The molecule has 1 aliphatic rings. The summed E-state index contributed by atoms with van der Waals surface area (Å²) in [7, 11) is 0. The van der Waals surface area contributed by atoms with Crippen LogP contribution in [0.1, 0.15) is 87.6 Å². The molecular formula is C25H37N5O2S. The average molecular weight is 472 g/mol. The summed E-state index contributed by atoms with van der Waals surface area (Å²) in [6, 6.07) is 7.44. The molecule has 0 spiro atoms. The number of amides is 2. The van der Waals surface area contributed by atoms with Gasteiger partial charge in [-0.2, -0.15) is 0 Å². The number of aromatic nitrogens is 3. The lowest BCUT2D eigenvalue weighted by Crippen LogP contribution is -2.45. The van der Waals surface area contributed by atoms with E-state index < -0.39 is 6.04 Å². The summed E-state index contributed by atoms with van der Waals surface area (Å²) in [5.41, 5.74) is 1.75. The normalized spacial score (nSPS) is 15.4. The molecule has 33 heavy (non-hydrogen) atoms. The first-order valence-corrected chi connectivity index (χ1v) is 13.1. The summed E-state index contributed by atoms with van der Waals surface area (Å²) in [5, 5.41) is 15.4. The number of nitrogens with one attached hydrogen (secondary N) is 2. The monoisotopic (exact) mass is 471 g/mol. The van der Waals surface area contributed by atoms with Crippen molar-refractivity contribution in [1.29, 1.82) is 0 Å². The van der Waals surface area contributed by atoms with Crippen LogP contribution in [0.2, 0.25) is 0 Å². The van der Waals surface area contributed by atoms with E-state index in [0.29, 0.717) is 18.2 Å². The Morgan fingerprint density at radius 1 is 1.15 bits per heavy atom. The second-order valence-corrected chi connectivity index (χ2v) is 10.6. The third kappa shape index (κ3) is 6.59. The molecule has 2 N–H and O–H groups in total. The highest BCUT2D eigenvalue weighted by atomic mass is 32.2. The minimum atomic E-state index is -0.606. The van der Waals surface area contributed by atoms with Crippen LogP contribution in [-0.2, 0) is 16.6 Å². The summed E-state index contributed by atoms with van der Waals surface area (Å²) in [5.74, 6) is 0.574. The highest BCUT2D eigenvalue weighted by Gasteiger charge is 2.23. The van der Waals surface area contributed by atoms with Crippen molar-refractivity contribution in [3.05, 3.63) is 41.2 Å². The van der Waals surface area contributed by atoms with Gasteiger partial charge in [0.05, 0.1) is 0 Å². The third-order valence-corrected chi connectivity index (χ3v) is 6.88. The minimum absolute atomic E-state index is 0.0312. The molecule has 0 saturated heterocycles. The van der Waals surface area contributed by atoms with Crippen LogP contribution in [0.4, 0.5) is 0 Å². The SMILES string of the molecule is CSc1nnc(CCCNC(=O)C(C)NC(=O)c2ccc(C(C)(C)C)cc2)n1C1CCCC1. The number of thioether (sulfide) groups is 1. The van der Waals surface area contributed by atoms with Crippen LogP contribution in [0, 0.1) is 0 Å². The van der Waals surface area contributed by atoms with E-state index >= 15 is 0 Å². The molecule has 1 atom stereocenters. The molecule has 8 heteroatoms. The zero-order valence-electron chi connectivity index (χ0n) is 20.5. The van der Waals surface area contributed by atoms with Crippen LogP contribution in [0.3, 0.4) is 0 Å². The van der Waals surface area contributed by atoms with E-state index in [1.807, 2.05) is 30.5 Å². The van der Waals surface area contributed by atoms with Gasteiger partial charge in [-0.1, -0.05) is 57.5 Å². The van der Waals surface area contributed by atoms with Gasteiger partial charge in [0.15, 0.2) is 5.16 Å². The second-order valence-electron chi connectivity index (χ2n) is 9.83. The van der Waals surface area contributed by atoms with Crippen LogP contribution in [0.5, 0.6) is 0 Å². The molecule has 0 bridgehead atoms. The van der Waals surface area contributed by atoms with Gasteiger partial charge in [-0.25, -0.2) is 0 Å². The Labute approximate surface area is 201 Å². The van der Waals surface area contributed by atoms with Crippen LogP contribution in [0.15, 0.2) is 29.4 Å². The Hall–Kier alpha value is -2.35. The smallest absolute Gasteiger partial charge is 0.251 e. The molecule has 2 amide bonds. The lowest BCUT2D eigenvalue weighted by Gasteiger charge is -2.19. The van der Waals surface area contributed by atoms with Gasteiger partial charge >= 0.3 is 0 Å². The highest BCUT2D eigenvalue weighted by molar-refractivity contribution is 7.98. The third-order valence-electron chi connectivity index (χ3n) is 6.24. The molecule has 3 rings (SSSR count). The van der Waals surface area contributed by atoms with Crippen molar-refractivity contribution in [2.24, 2.45) is 0 Å². The van der Waals surface area contributed by atoms with Gasteiger partial charge in [-0.3, -0.25) is 9.59 Å². The lowest BCUT2D eigenvalue weighted by atomic mass is 9.86. The van der Waals surface area contributed by atoms with Crippen molar-refractivity contribution in [3.8, 4) is 0 Å². The minimum Gasteiger partial charge on any atom is -0.354 e. The number of carbonyl (C=O) groups excluding carboxylic acids is 2. The Bertz CT molecular complexity index is 943. The van der Waals surface area contributed by atoms with E-state index in [1.165, 1.54) is 31.2 Å². The maximum absolute atomic E-state index is 12.5. The Morgan fingerprint density at radius 2 is 1.82 bits per heavy atom. The number of carbonyl (C=O) groups is 2. The lowest BCUT2D eigenvalue weighted by molar-refractivity contribution is -0.122. The molecule has 1 aliphatic carbocycles. The molecule has 1 fully saturated rings. The molecule has 0 aliphatic heterocycles. The molecule has 180 valence electrons. The number of rotatable bonds is 9. The largest absolute Gasteiger partial charge is 0.354 e. The van der Waals surface area contributed by atoms with Crippen LogP contribution < -0.4 is 10.6 Å². The van der Waals surface area contributed by atoms with Gasteiger partial charge in [-0.05, 0) is 55.6 Å². The predicted molar refractivity (Wildman–Crippen MR) is 133 cm³/mol. The summed E-state index contributed by atoms with van der Waals surface area (Å²) in [6.45, 7) is 8.64. The van der Waals surface area contributed by atoms with E-state index in [4.69, 9.17) is 0 Å². The van der Waals surface area contributed by atoms with E-state index in [0.717, 1.165) is 23.8 Å². The van der Waals surface area contributed by atoms with Gasteiger partial charge in [0.25, 0.3) is 5.91 Å². The predicted octanol–water partition coefficient (Wildman–Crippen LogP) is 4.28. The zero-order chi connectivity index (χ0) is 24.0. The van der Waals surface area contributed by atoms with Gasteiger partial charge in [0.2, 0.25) is 5.91 Å². The molecule has 1 heterocycles. The number of nitrogens with zero attached hydrogens (tertiary/aromatic N) is 3. The molecule has 0 radical (unpaired) electrons. The van der Waals surface area contributed by atoms with Crippen LogP contribution in [0.25, 0.3) is 0 Å². The summed E-state index contributed by atoms with van der Waals surface area (Å²) in [6.07, 6.45) is 8.48. The fourth-order valence-electron chi connectivity index (χ4n) is 4.22. The molecule has 1 aromatic carbocycles. The topological polar surface area (TPSA) is 88.9 Å². The first-order chi connectivity index (χ1) is 15.7. The van der Waals surface area contributed by atoms with E-state index in [9.17, 15) is 9.59 Å². The molecule has 2 aromatic rings. The maximum atomic E-state index is 12.5. The van der Waals surface area contributed by atoms with E-state index in [-0.39, 0.29) is 17.2 Å². The molecule has 1 unspecified atom stereocenters. The van der Waals surface area contributed by atoms with E-state index in [2.05, 4.69) is 46.2 Å². The zero-order valence-corrected chi connectivity index (χ0v) is 21.3. The number of hydrogen-bond donors (Lipinski definition) is 2. The summed E-state index contributed by atoms with van der Waals surface area (Å²) < 4.78 is 2.30. The first-order valence-electron chi connectivity index (χ1n) is 11.9. The summed E-state index contributed by atoms with van der Waals surface area (Å²) in [4.78, 5) is 25.0. The van der Waals surface area contributed by atoms with Gasteiger partial charge < -0.3 is 15.2 Å². The maximum Gasteiger partial charge on any atom is 0.251 e. The Kier molecular flexibility index (Phi) is 8.57. The molecule has 1 aromatic heterocycles. The van der Waals surface area contributed by atoms with Crippen LogP contribution in [-0.4, -0.2) is 45.4 Å². The van der Waals surface area contributed by atoms with E-state index in [1.54, 1.807) is 18.7 Å². The molecular weight excluding hydrogens is 434 g/mol. The molecule has 7 nitrogen and oxygen atoms in total. The Balaban J connectivity index is 1.45. The van der Waals surface area contributed by atoms with Crippen molar-refractivity contribution >= 4 is 23.6 Å². The second kappa shape index (κ2) is 11.2. The Morgan fingerprint density at radius 3 is 2.42 bits per heavy atom. The van der Waals surface area contributed by atoms with Crippen molar-refractivity contribution in [2.45, 2.75) is 88.9 Å². The van der Waals surface area contributed by atoms with Gasteiger partial charge in [0, 0.05) is 24.6 Å². The highest BCUT2D eigenvalue weighted by Crippen LogP contribution is 2.33. The summed E-state index contributed by atoms with van der Waals surface area (Å²) >= 11 is 1.64. The fraction of sp³-hybridized carbons (Fsp3) is 0.600. The fourth-order valence-corrected chi connectivity index (χ4v) is 4.80.